The van der Waals surface area contributed by atoms with Crippen LogP contribution in [0, 0.1) is 5.41 Å². The van der Waals surface area contributed by atoms with E-state index in [2.05, 4.69) is 55.2 Å². The van der Waals surface area contributed by atoms with Gasteiger partial charge in [-0.1, -0.05) is 64.1 Å². The summed E-state index contributed by atoms with van der Waals surface area (Å²) in [5.74, 6) is 0.534. The van der Waals surface area contributed by atoms with Crippen LogP contribution in [0.1, 0.15) is 39.2 Å². The number of aliphatic imine (C=N–C) groups is 1. The molecule has 0 saturated carbocycles. The fourth-order valence-electron chi connectivity index (χ4n) is 2.21. The molecule has 0 N–H and O–H groups in total. The molecule has 2 rings (SSSR count). The minimum absolute atomic E-state index is 0.223. The topological polar surface area (TPSA) is 12.4 Å². The largest absolute Gasteiger partial charge is 0.296 e. The van der Waals surface area contributed by atoms with Crippen LogP contribution in [0.5, 0.6) is 0 Å². The van der Waals surface area contributed by atoms with E-state index in [-0.39, 0.29) is 5.41 Å². The van der Waals surface area contributed by atoms with E-state index >= 15 is 0 Å². The maximum Gasteiger partial charge on any atom is 0.0277 e. The third-order valence-corrected chi connectivity index (χ3v) is 3.29. The maximum absolute atomic E-state index is 4.09. The molecule has 1 atom stereocenters. The summed E-state index contributed by atoms with van der Waals surface area (Å²) in [4.78, 5) is 4.09. The van der Waals surface area contributed by atoms with Gasteiger partial charge < -0.3 is 0 Å². The van der Waals surface area contributed by atoms with Gasteiger partial charge in [-0.3, -0.25) is 4.99 Å². The van der Waals surface area contributed by atoms with Crippen LogP contribution in [0.15, 0.2) is 47.0 Å². The van der Waals surface area contributed by atoms with Gasteiger partial charge in [-0.25, -0.2) is 0 Å². The molecule has 0 heterocycles. The van der Waals surface area contributed by atoms with E-state index in [0.717, 1.165) is 0 Å². The van der Waals surface area contributed by atoms with E-state index in [4.69, 9.17) is 0 Å². The molecule has 1 aliphatic rings. The summed E-state index contributed by atoms with van der Waals surface area (Å²) in [6.45, 7) is 8.56. The number of hydrogen-bond donors (Lipinski definition) is 0. The summed E-state index contributed by atoms with van der Waals surface area (Å²) < 4.78 is 0. The number of allylic oxidation sites excluding steroid dienone is 2. The van der Waals surface area contributed by atoms with Crippen LogP contribution in [0.25, 0.3) is 0 Å². The van der Waals surface area contributed by atoms with Crippen molar-refractivity contribution in [1.29, 1.82) is 0 Å². The van der Waals surface area contributed by atoms with Crippen molar-refractivity contribution < 1.29 is 0 Å². The Hall–Kier alpha value is -1.37. The molecule has 1 heteroatoms. The molecule has 1 aromatic rings. The molecule has 1 nitrogen and oxygen atoms in total. The van der Waals surface area contributed by atoms with Crippen LogP contribution in [-0.2, 0) is 0 Å². The molecule has 1 unspecified atom stereocenters. The van der Waals surface area contributed by atoms with Crippen molar-refractivity contribution in [3.05, 3.63) is 47.5 Å². The van der Waals surface area contributed by atoms with E-state index in [9.17, 15) is 0 Å². The summed E-state index contributed by atoms with van der Waals surface area (Å²) in [5.41, 5.74) is 2.97. The van der Waals surface area contributed by atoms with Crippen LogP contribution >= 0.6 is 0 Å². The first-order valence-electron chi connectivity index (χ1n) is 6.35. The summed E-state index contributed by atoms with van der Waals surface area (Å²) in [6.07, 6.45) is 4.28. The van der Waals surface area contributed by atoms with Crippen LogP contribution in [0.4, 0.5) is 0 Å². The minimum atomic E-state index is 0.223. The summed E-state index contributed by atoms with van der Waals surface area (Å²) in [6, 6.07) is 10.7. The first-order chi connectivity index (χ1) is 8.16. The SMILES string of the molecule is CC.CN=CC1=CC(c2ccccc2)C1(C)C. The van der Waals surface area contributed by atoms with Gasteiger partial charge >= 0.3 is 0 Å². The molecular formula is C16H23N. The Morgan fingerprint density at radius 2 is 1.71 bits per heavy atom. The molecule has 0 amide bonds. The fraction of sp³-hybridized carbons (Fsp3) is 0.438. The molecule has 0 saturated heterocycles. The number of rotatable bonds is 2. The van der Waals surface area contributed by atoms with E-state index in [0.29, 0.717) is 5.92 Å². The molecular weight excluding hydrogens is 206 g/mol. The van der Waals surface area contributed by atoms with Crippen LogP contribution in [-0.4, -0.2) is 13.3 Å². The normalized spacial score (nSPS) is 21.2. The van der Waals surface area contributed by atoms with E-state index in [1.165, 1.54) is 11.1 Å². The Morgan fingerprint density at radius 1 is 1.12 bits per heavy atom. The first-order valence-corrected chi connectivity index (χ1v) is 6.35. The predicted molar refractivity (Wildman–Crippen MR) is 76.8 cm³/mol. The van der Waals surface area contributed by atoms with Gasteiger partial charge in [0.05, 0.1) is 0 Å². The quantitative estimate of drug-likeness (QED) is 0.664. The van der Waals surface area contributed by atoms with E-state index in [1.54, 1.807) is 0 Å². The van der Waals surface area contributed by atoms with Gasteiger partial charge in [0.15, 0.2) is 0 Å². The molecule has 1 aromatic carbocycles. The van der Waals surface area contributed by atoms with Crippen molar-refractivity contribution >= 4 is 6.21 Å². The van der Waals surface area contributed by atoms with Gasteiger partial charge in [0.25, 0.3) is 0 Å². The number of benzene rings is 1. The van der Waals surface area contributed by atoms with E-state index < -0.39 is 0 Å². The zero-order valence-corrected chi connectivity index (χ0v) is 11.6. The monoisotopic (exact) mass is 229 g/mol. The zero-order valence-electron chi connectivity index (χ0n) is 11.6. The van der Waals surface area contributed by atoms with Gasteiger partial charge in [-0.05, 0) is 11.1 Å². The van der Waals surface area contributed by atoms with E-state index in [1.807, 2.05) is 27.1 Å². The number of nitrogens with zero attached hydrogens (tertiary/aromatic N) is 1. The van der Waals surface area contributed by atoms with Gasteiger partial charge in [0.2, 0.25) is 0 Å². The molecule has 0 aliphatic heterocycles. The van der Waals surface area contributed by atoms with Crippen molar-refractivity contribution in [2.45, 2.75) is 33.6 Å². The van der Waals surface area contributed by atoms with Crippen molar-refractivity contribution in [2.75, 3.05) is 7.05 Å². The predicted octanol–water partition coefficient (Wildman–Crippen LogP) is 4.46. The Bertz CT molecular complexity index is 399. The van der Waals surface area contributed by atoms with Crippen LogP contribution in [0.2, 0.25) is 0 Å². The van der Waals surface area contributed by atoms with Gasteiger partial charge in [0.1, 0.15) is 0 Å². The molecule has 0 aromatic heterocycles. The van der Waals surface area contributed by atoms with Crippen molar-refractivity contribution in [3.8, 4) is 0 Å². The van der Waals surface area contributed by atoms with Gasteiger partial charge in [-0.2, -0.15) is 0 Å². The fourth-order valence-corrected chi connectivity index (χ4v) is 2.21. The van der Waals surface area contributed by atoms with Crippen LogP contribution in [0.3, 0.4) is 0 Å². The first kappa shape index (κ1) is 13.7. The van der Waals surface area contributed by atoms with Crippen molar-refractivity contribution in [3.63, 3.8) is 0 Å². The Kier molecular flexibility index (Phi) is 4.68. The lowest BCUT2D eigenvalue weighted by molar-refractivity contribution is 0.363. The lowest BCUT2D eigenvalue weighted by atomic mass is 9.61. The lowest BCUT2D eigenvalue weighted by Gasteiger charge is -2.42. The third-order valence-electron chi connectivity index (χ3n) is 3.29. The minimum Gasteiger partial charge on any atom is -0.296 e. The second kappa shape index (κ2) is 5.81. The summed E-state index contributed by atoms with van der Waals surface area (Å²) in [5, 5.41) is 0. The molecule has 0 radical (unpaired) electrons. The van der Waals surface area contributed by atoms with Crippen molar-refractivity contribution in [2.24, 2.45) is 10.4 Å². The maximum atomic E-state index is 4.09. The lowest BCUT2D eigenvalue weighted by Crippen LogP contribution is -2.32. The highest BCUT2D eigenvalue weighted by Gasteiger charge is 2.39. The smallest absolute Gasteiger partial charge is 0.0277 e. The Labute approximate surface area is 105 Å². The molecule has 0 fully saturated rings. The van der Waals surface area contributed by atoms with Crippen molar-refractivity contribution in [1.82, 2.24) is 0 Å². The molecule has 0 spiro atoms. The van der Waals surface area contributed by atoms with Gasteiger partial charge in [0, 0.05) is 24.6 Å². The molecule has 1 aliphatic carbocycles. The second-order valence-electron chi connectivity index (χ2n) is 4.62. The summed E-state index contributed by atoms with van der Waals surface area (Å²) >= 11 is 0. The molecule has 17 heavy (non-hydrogen) atoms. The standard InChI is InChI=1S/C14H17N.C2H6/c1-14(2)12(10-15-3)9-13(14)11-7-5-4-6-8-11;1-2/h4-10,13H,1-3H3;1-2H3. The Balaban J connectivity index is 0.000000686. The second-order valence-corrected chi connectivity index (χ2v) is 4.62. The average Bonchev–Trinajstić information content (AvgIpc) is 2.37. The highest BCUT2D eigenvalue weighted by Crippen LogP contribution is 2.50. The van der Waals surface area contributed by atoms with Gasteiger partial charge in [-0.15, -0.1) is 0 Å². The third kappa shape index (κ3) is 2.66. The zero-order chi connectivity index (χ0) is 12.9. The van der Waals surface area contributed by atoms with Crippen LogP contribution < -0.4 is 0 Å². The average molecular weight is 229 g/mol. The number of hydrogen-bond acceptors (Lipinski definition) is 1. The molecule has 0 bridgehead atoms. The molecule has 92 valence electrons. The highest BCUT2D eigenvalue weighted by atomic mass is 14.7. The summed E-state index contributed by atoms with van der Waals surface area (Å²) in [7, 11) is 1.83. The highest BCUT2D eigenvalue weighted by molar-refractivity contribution is 5.83. The Morgan fingerprint density at radius 3 is 2.18 bits per heavy atom.